The van der Waals surface area contributed by atoms with Crippen molar-refractivity contribution in [3.63, 3.8) is 0 Å². The first-order valence-corrected chi connectivity index (χ1v) is 7.09. The molecule has 17 heavy (non-hydrogen) atoms. The third-order valence-electron chi connectivity index (χ3n) is 3.25. The molecule has 0 aliphatic carbocycles. The molecule has 0 amide bonds. The van der Waals surface area contributed by atoms with Crippen molar-refractivity contribution < 1.29 is 0 Å². The molecule has 0 aromatic carbocycles. The highest BCUT2D eigenvalue weighted by molar-refractivity contribution is 7.15. The van der Waals surface area contributed by atoms with Gasteiger partial charge in [-0.1, -0.05) is 6.92 Å². The highest BCUT2D eigenvalue weighted by Gasteiger charge is 2.25. The van der Waals surface area contributed by atoms with E-state index in [9.17, 15) is 0 Å². The molecule has 1 atom stereocenters. The van der Waals surface area contributed by atoms with Gasteiger partial charge in [0, 0.05) is 36.8 Å². The fourth-order valence-corrected chi connectivity index (χ4v) is 3.02. The number of anilines is 1. The van der Waals surface area contributed by atoms with Gasteiger partial charge in [-0.15, -0.1) is 11.3 Å². The first-order chi connectivity index (χ1) is 8.20. The quantitative estimate of drug-likeness (QED) is 0.860. The van der Waals surface area contributed by atoms with Gasteiger partial charge in [0.2, 0.25) is 0 Å². The van der Waals surface area contributed by atoms with Gasteiger partial charge in [-0.05, 0) is 27.1 Å². The lowest BCUT2D eigenvalue weighted by atomic mass is 10.2. The number of likely N-dealkylation sites (N-methyl/N-ethyl adjacent to an activating group) is 1. The average molecular weight is 254 g/mol. The van der Waals surface area contributed by atoms with Gasteiger partial charge in [0.25, 0.3) is 0 Å². The molecule has 1 aliphatic rings. The molecule has 96 valence electrons. The van der Waals surface area contributed by atoms with Gasteiger partial charge in [-0.2, -0.15) is 0 Å². The van der Waals surface area contributed by atoms with Crippen LogP contribution in [0.3, 0.4) is 0 Å². The fourth-order valence-electron chi connectivity index (χ4n) is 2.11. The Balaban J connectivity index is 1.92. The molecule has 1 saturated heterocycles. The molecule has 1 unspecified atom stereocenters. The van der Waals surface area contributed by atoms with Crippen LogP contribution in [-0.2, 0) is 6.54 Å². The second-order valence-electron chi connectivity index (χ2n) is 4.74. The second kappa shape index (κ2) is 5.80. The Morgan fingerprint density at radius 3 is 3.06 bits per heavy atom. The zero-order chi connectivity index (χ0) is 12.3. The van der Waals surface area contributed by atoms with E-state index in [-0.39, 0.29) is 0 Å². The zero-order valence-electron chi connectivity index (χ0n) is 10.9. The third kappa shape index (κ3) is 3.18. The van der Waals surface area contributed by atoms with E-state index in [1.165, 1.54) is 16.4 Å². The number of nitrogens with zero attached hydrogens (tertiary/aromatic N) is 3. The number of nitrogens with one attached hydrogen (secondary N) is 1. The summed E-state index contributed by atoms with van der Waals surface area (Å²) in [5.41, 5.74) is 0. The predicted molar refractivity (Wildman–Crippen MR) is 73.8 cm³/mol. The summed E-state index contributed by atoms with van der Waals surface area (Å²) in [7, 11) is 4.32. The topological polar surface area (TPSA) is 31.4 Å². The molecule has 0 spiro atoms. The lowest BCUT2D eigenvalue weighted by Crippen LogP contribution is -2.31. The molecule has 1 N–H and O–H groups in total. The number of aromatic nitrogens is 1. The summed E-state index contributed by atoms with van der Waals surface area (Å²) in [6.07, 6.45) is 3.25. The summed E-state index contributed by atoms with van der Waals surface area (Å²) in [5, 5.41) is 4.52. The number of hydrogen-bond acceptors (Lipinski definition) is 5. The monoisotopic (exact) mass is 254 g/mol. The Bertz CT molecular complexity index is 350. The van der Waals surface area contributed by atoms with Crippen molar-refractivity contribution in [2.75, 3.05) is 38.6 Å². The molecule has 1 aromatic heterocycles. The van der Waals surface area contributed by atoms with E-state index in [0.717, 1.165) is 26.2 Å². The van der Waals surface area contributed by atoms with Gasteiger partial charge in [-0.25, -0.2) is 4.98 Å². The molecule has 2 rings (SSSR count). The smallest absolute Gasteiger partial charge is 0.185 e. The summed E-state index contributed by atoms with van der Waals surface area (Å²) in [4.78, 5) is 10.6. The van der Waals surface area contributed by atoms with Gasteiger partial charge in [0.1, 0.15) is 0 Å². The summed E-state index contributed by atoms with van der Waals surface area (Å²) >= 11 is 1.82. The van der Waals surface area contributed by atoms with Crippen LogP contribution in [0.4, 0.5) is 5.13 Å². The van der Waals surface area contributed by atoms with Gasteiger partial charge in [0.05, 0.1) is 0 Å². The standard InChI is InChI=1S/C12H22N4S/c1-4-13-7-11-8-14-12(17-11)16-6-5-10(9-16)15(2)3/h8,10,13H,4-7,9H2,1-3H3. The van der Waals surface area contributed by atoms with Crippen LogP contribution in [0.25, 0.3) is 0 Å². The molecule has 2 heterocycles. The number of rotatable bonds is 5. The van der Waals surface area contributed by atoms with Crippen LogP contribution in [0.5, 0.6) is 0 Å². The molecule has 0 bridgehead atoms. The Kier molecular flexibility index (Phi) is 4.36. The van der Waals surface area contributed by atoms with Crippen molar-refractivity contribution in [1.29, 1.82) is 0 Å². The fraction of sp³-hybridized carbons (Fsp3) is 0.750. The highest BCUT2D eigenvalue weighted by atomic mass is 32.1. The van der Waals surface area contributed by atoms with Crippen molar-refractivity contribution in [2.24, 2.45) is 0 Å². The van der Waals surface area contributed by atoms with Crippen LogP contribution in [0.2, 0.25) is 0 Å². The summed E-state index contributed by atoms with van der Waals surface area (Å²) in [6.45, 7) is 6.33. The normalized spacial score (nSPS) is 20.5. The van der Waals surface area contributed by atoms with Gasteiger partial charge < -0.3 is 15.1 Å². The van der Waals surface area contributed by atoms with Crippen LogP contribution < -0.4 is 10.2 Å². The van der Waals surface area contributed by atoms with E-state index in [4.69, 9.17) is 0 Å². The van der Waals surface area contributed by atoms with E-state index < -0.39 is 0 Å². The average Bonchev–Trinajstić information content (AvgIpc) is 2.94. The minimum Gasteiger partial charge on any atom is -0.346 e. The van der Waals surface area contributed by atoms with Crippen LogP contribution in [0.1, 0.15) is 18.2 Å². The first kappa shape index (κ1) is 12.8. The third-order valence-corrected chi connectivity index (χ3v) is 4.31. The Hall–Kier alpha value is -0.650. The molecule has 0 radical (unpaired) electrons. The summed E-state index contributed by atoms with van der Waals surface area (Å²) < 4.78 is 0. The highest BCUT2D eigenvalue weighted by Crippen LogP contribution is 2.26. The Morgan fingerprint density at radius 1 is 1.59 bits per heavy atom. The van der Waals surface area contributed by atoms with Crippen LogP contribution in [0, 0.1) is 0 Å². The Labute approximate surface area is 108 Å². The minimum atomic E-state index is 0.677. The lowest BCUT2D eigenvalue weighted by molar-refractivity contribution is 0.315. The predicted octanol–water partition coefficient (Wildman–Crippen LogP) is 1.39. The lowest BCUT2D eigenvalue weighted by Gasteiger charge is -2.19. The summed E-state index contributed by atoms with van der Waals surface area (Å²) in [5.74, 6) is 0. The molecule has 1 aliphatic heterocycles. The number of hydrogen-bond donors (Lipinski definition) is 1. The van der Waals surface area contributed by atoms with E-state index >= 15 is 0 Å². The molecule has 4 nitrogen and oxygen atoms in total. The van der Waals surface area contributed by atoms with Crippen LogP contribution in [-0.4, -0.2) is 49.7 Å². The van der Waals surface area contributed by atoms with E-state index in [1.807, 2.05) is 17.5 Å². The maximum Gasteiger partial charge on any atom is 0.185 e. The van der Waals surface area contributed by atoms with Gasteiger partial charge >= 0.3 is 0 Å². The van der Waals surface area contributed by atoms with Gasteiger partial charge in [0.15, 0.2) is 5.13 Å². The van der Waals surface area contributed by atoms with Crippen LogP contribution >= 0.6 is 11.3 Å². The summed E-state index contributed by atoms with van der Waals surface area (Å²) in [6, 6.07) is 0.677. The van der Waals surface area contributed by atoms with Gasteiger partial charge in [-0.3, -0.25) is 0 Å². The minimum absolute atomic E-state index is 0.677. The largest absolute Gasteiger partial charge is 0.346 e. The van der Waals surface area contributed by atoms with Crippen molar-refractivity contribution >= 4 is 16.5 Å². The van der Waals surface area contributed by atoms with E-state index in [2.05, 4.69) is 41.1 Å². The molecule has 5 heteroatoms. The molecule has 0 saturated carbocycles. The molecule has 1 fully saturated rings. The van der Waals surface area contributed by atoms with E-state index in [0.29, 0.717) is 6.04 Å². The van der Waals surface area contributed by atoms with Crippen molar-refractivity contribution in [3.8, 4) is 0 Å². The first-order valence-electron chi connectivity index (χ1n) is 6.27. The van der Waals surface area contributed by atoms with Crippen LogP contribution in [0.15, 0.2) is 6.20 Å². The van der Waals surface area contributed by atoms with Crippen molar-refractivity contribution in [2.45, 2.75) is 25.9 Å². The second-order valence-corrected chi connectivity index (χ2v) is 5.84. The zero-order valence-corrected chi connectivity index (χ0v) is 11.8. The van der Waals surface area contributed by atoms with Crippen molar-refractivity contribution in [1.82, 2.24) is 15.2 Å². The maximum atomic E-state index is 4.53. The SMILES string of the molecule is CCNCc1cnc(N2CCC(N(C)C)C2)s1. The molecule has 1 aromatic rings. The van der Waals surface area contributed by atoms with E-state index in [1.54, 1.807) is 0 Å². The molecular formula is C12H22N4S. The number of thiazole rings is 1. The van der Waals surface area contributed by atoms with Crippen molar-refractivity contribution in [3.05, 3.63) is 11.1 Å². The Morgan fingerprint density at radius 2 is 2.41 bits per heavy atom. The molecular weight excluding hydrogens is 232 g/mol. The maximum absolute atomic E-state index is 4.53.